The van der Waals surface area contributed by atoms with Crippen molar-refractivity contribution in [1.82, 2.24) is 5.43 Å². The van der Waals surface area contributed by atoms with E-state index in [0.29, 0.717) is 16.7 Å². The number of nitrogens with zero attached hydrogens (tertiary/aromatic N) is 2. The van der Waals surface area contributed by atoms with E-state index >= 15 is 0 Å². The average Bonchev–Trinajstić information content (AvgIpc) is 2.74. The molecule has 5 heteroatoms. The zero-order valence-corrected chi connectivity index (χ0v) is 14.4. The molecule has 5 nitrogen and oxygen atoms in total. The molecule has 0 aliphatic rings. The van der Waals surface area contributed by atoms with E-state index in [2.05, 4.69) is 10.5 Å². The Morgan fingerprint density at radius 1 is 0.926 bits per heavy atom. The molecular weight excluding hydrogens is 338 g/mol. The van der Waals surface area contributed by atoms with Gasteiger partial charge in [0.25, 0.3) is 5.91 Å². The fourth-order valence-corrected chi connectivity index (χ4v) is 2.68. The van der Waals surface area contributed by atoms with E-state index in [-0.39, 0.29) is 0 Å². The van der Waals surface area contributed by atoms with Crippen LogP contribution in [0.1, 0.15) is 22.3 Å². The van der Waals surface area contributed by atoms with E-state index in [1.165, 1.54) is 6.21 Å². The number of hydrazone groups is 1. The fraction of sp³-hybridized carbons (Fsp3) is 0.0455. The Balaban J connectivity index is 1.85. The second kappa shape index (κ2) is 8.09. The first-order valence-electron chi connectivity index (χ1n) is 8.31. The molecule has 0 saturated carbocycles. The van der Waals surface area contributed by atoms with E-state index in [4.69, 9.17) is 5.26 Å². The largest absolute Gasteiger partial charge is 0.372 e. The van der Waals surface area contributed by atoms with Crippen LogP contribution < -0.4 is 5.43 Å². The third-order valence-electron chi connectivity index (χ3n) is 4.13. The molecule has 0 saturated heterocycles. The summed E-state index contributed by atoms with van der Waals surface area (Å²) in [5, 5.41) is 24.0. The van der Waals surface area contributed by atoms with Gasteiger partial charge >= 0.3 is 0 Å². The molecule has 0 heterocycles. The molecule has 0 fully saturated rings. The predicted octanol–water partition coefficient (Wildman–Crippen LogP) is 2.94. The normalized spacial score (nSPS) is 11.1. The SMILES string of the molecule is N#Cc1ccc(C=NNC(=O)C(O)(c2ccccc2)c2ccccc2)cc1. The number of rotatable bonds is 5. The van der Waals surface area contributed by atoms with Gasteiger partial charge in [0.2, 0.25) is 0 Å². The number of carbonyl (C=O) groups is 1. The molecule has 0 spiro atoms. The Morgan fingerprint density at radius 3 is 1.93 bits per heavy atom. The molecule has 1 amide bonds. The lowest BCUT2D eigenvalue weighted by molar-refractivity contribution is -0.136. The minimum Gasteiger partial charge on any atom is -0.372 e. The summed E-state index contributed by atoms with van der Waals surface area (Å²) in [6.07, 6.45) is 1.45. The van der Waals surface area contributed by atoms with Crippen LogP contribution >= 0.6 is 0 Å². The monoisotopic (exact) mass is 355 g/mol. The molecule has 0 bridgehead atoms. The molecule has 0 unspecified atom stereocenters. The standard InChI is InChI=1S/C22H17N3O2/c23-15-17-11-13-18(14-12-17)16-24-25-21(26)22(27,19-7-3-1-4-8-19)20-9-5-2-6-10-20/h1-14,16,27H,(H,25,26). The minimum atomic E-state index is -1.87. The van der Waals surface area contributed by atoms with Crippen molar-refractivity contribution in [1.29, 1.82) is 5.26 Å². The van der Waals surface area contributed by atoms with Gasteiger partial charge in [-0.1, -0.05) is 72.8 Å². The molecule has 2 N–H and O–H groups in total. The van der Waals surface area contributed by atoms with Gasteiger partial charge in [0.15, 0.2) is 5.60 Å². The van der Waals surface area contributed by atoms with E-state index in [1.54, 1.807) is 72.8 Å². The Kier molecular flexibility index (Phi) is 5.41. The highest BCUT2D eigenvalue weighted by molar-refractivity contribution is 5.91. The molecule has 132 valence electrons. The Bertz CT molecular complexity index is 936. The summed E-state index contributed by atoms with van der Waals surface area (Å²) in [5.41, 5.74) is 2.70. The maximum Gasteiger partial charge on any atom is 0.281 e. The van der Waals surface area contributed by atoms with Crippen LogP contribution in [0.4, 0.5) is 0 Å². The van der Waals surface area contributed by atoms with Crippen LogP contribution in [0.5, 0.6) is 0 Å². The number of nitrogens with one attached hydrogen (secondary N) is 1. The maximum absolute atomic E-state index is 12.8. The van der Waals surface area contributed by atoms with E-state index < -0.39 is 11.5 Å². The highest BCUT2D eigenvalue weighted by atomic mass is 16.3. The number of carbonyl (C=O) groups excluding carboxylic acids is 1. The molecule has 0 aliphatic carbocycles. The summed E-state index contributed by atoms with van der Waals surface area (Å²) in [6, 6.07) is 26.2. The number of hydrogen-bond donors (Lipinski definition) is 2. The predicted molar refractivity (Wildman–Crippen MR) is 103 cm³/mol. The summed E-state index contributed by atoms with van der Waals surface area (Å²) in [5.74, 6) is -0.662. The Hall–Kier alpha value is -3.75. The van der Waals surface area contributed by atoms with Crippen LogP contribution in [-0.4, -0.2) is 17.2 Å². The van der Waals surface area contributed by atoms with Crippen molar-refractivity contribution in [3.05, 3.63) is 107 Å². The Morgan fingerprint density at radius 2 is 1.44 bits per heavy atom. The van der Waals surface area contributed by atoms with Crippen molar-refractivity contribution in [2.24, 2.45) is 5.10 Å². The number of hydrogen-bond acceptors (Lipinski definition) is 4. The minimum absolute atomic E-state index is 0.447. The second-order valence-corrected chi connectivity index (χ2v) is 5.88. The third kappa shape index (κ3) is 3.92. The highest BCUT2D eigenvalue weighted by Crippen LogP contribution is 2.29. The van der Waals surface area contributed by atoms with Gasteiger partial charge in [-0.25, -0.2) is 5.43 Å². The first-order valence-corrected chi connectivity index (χ1v) is 8.31. The van der Waals surface area contributed by atoms with Crippen molar-refractivity contribution >= 4 is 12.1 Å². The smallest absolute Gasteiger partial charge is 0.281 e. The molecule has 3 aromatic rings. The number of aliphatic hydroxyl groups is 1. The molecule has 3 rings (SSSR count). The molecular formula is C22H17N3O2. The van der Waals surface area contributed by atoms with Gasteiger partial charge in [-0.2, -0.15) is 10.4 Å². The highest BCUT2D eigenvalue weighted by Gasteiger charge is 2.39. The fourth-order valence-electron chi connectivity index (χ4n) is 2.68. The summed E-state index contributed by atoms with van der Waals surface area (Å²) in [4.78, 5) is 12.8. The summed E-state index contributed by atoms with van der Waals surface area (Å²) in [7, 11) is 0. The van der Waals surface area contributed by atoms with Gasteiger partial charge in [-0.3, -0.25) is 4.79 Å². The van der Waals surface area contributed by atoms with Gasteiger partial charge in [-0.15, -0.1) is 0 Å². The molecule has 0 aromatic heterocycles. The van der Waals surface area contributed by atoms with Crippen LogP contribution in [0.15, 0.2) is 90.0 Å². The van der Waals surface area contributed by atoms with Crippen molar-refractivity contribution in [2.75, 3.05) is 0 Å². The summed E-state index contributed by atoms with van der Waals surface area (Å²) >= 11 is 0. The lowest BCUT2D eigenvalue weighted by atomic mass is 9.85. The lowest BCUT2D eigenvalue weighted by Crippen LogP contribution is -2.43. The maximum atomic E-state index is 12.8. The van der Waals surface area contributed by atoms with Crippen LogP contribution in [0, 0.1) is 11.3 Å². The topological polar surface area (TPSA) is 85.5 Å². The first-order chi connectivity index (χ1) is 13.1. The average molecular weight is 355 g/mol. The Labute approximate surface area is 157 Å². The quantitative estimate of drug-likeness (QED) is 0.545. The van der Waals surface area contributed by atoms with Crippen molar-refractivity contribution in [2.45, 2.75) is 5.60 Å². The lowest BCUT2D eigenvalue weighted by Gasteiger charge is -2.27. The van der Waals surface area contributed by atoms with E-state index in [0.717, 1.165) is 5.56 Å². The zero-order valence-electron chi connectivity index (χ0n) is 14.4. The molecule has 0 atom stereocenters. The first kappa shape index (κ1) is 18.1. The van der Waals surface area contributed by atoms with Crippen LogP contribution in [-0.2, 0) is 10.4 Å². The van der Waals surface area contributed by atoms with Gasteiger partial charge in [0, 0.05) is 0 Å². The number of nitriles is 1. The zero-order chi connectivity index (χ0) is 19.1. The van der Waals surface area contributed by atoms with Crippen LogP contribution in [0.3, 0.4) is 0 Å². The second-order valence-electron chi connectivity index (χ2n) is 5.88. The van der Waals surface area contributed by atoms with Gasteiger partial charge < -0.3 is 5.11 Å². The number of amides is 1. The summed E-state index contributed by atoms with van der Waals surface area (Å²) < 4.78 is 0. The molecule has 27 heavy (non-hydrogen) atoms. The van der Waals surface area contributed by atoms with E-state index in [9.17, 15) is 9.90 Å². The summed E-state index contributed by atoms with van der Waals surface area (Å²) in [6.45, 7) is 0. The molecule has 3 aromatic carbocycles. The van der Waals surface area contributed by atoms with Crippen LogP contribution in [0.2, 0.25) is 0 Å². The third-order valence-corrected chi connectivity index (χ3v) is 4.13. The van der Waals surface area contributed by atoms with Crippen molar-refractivity contribution in [3.8, 4) is 6.07 Å². The number of benzene rings is 3. The van der Waals surface area contributed by atoms with E-state index in [1.807, 2.05) is 18.2 Å². The van der Waals surface area contributed by atoms with Gasteiger partial charge in [0.05, 0.1) is 17.8 Å². The van der Waals surface area contributed by atoms with Crippen molar-refractivity contribution in [3.63, 3.8) is 0 Å². The molecule has 0 radical (unpaired) electrons. The van der Waals surface area contributed by atoms with Crippen LogP contribution in [0.25, 0.3) is 0 Å². The van der Waals surface area contributed by atoms with Gasteiger partial charge in [-0.05, 0) is 28.8 Å². The van der Waals surface area contributed by atoms with Crippen molar-refractivity contribution < 1.29 is 9.90 Å². The molecule has 0 aliphatic heterocycles. The van der Waals surface area contributed by atoms with Gasteiger partial charge in [0.1, 0.15) is 0 Å².